The molecule has 2 aromatic rings. The third-order valence-electron chi connectivity index (χ3n) is 7.02. The summed E-state index contributed by atoms with van der Waals surface area (Å²) in [4.78, 5) is 15.1. The third kappa shape index (κ3) is 12.6. The van der Waals surface area contributed by atoms with Crippen molar-refractivity contribution in [1.29, 1.82) is 0 Å². The summed E-state index contributed by atoms with van der Waals surface area (Å²) in [6, 6.07) is 13.3. The van der Waals surface area contributed by atoms with Crippen LogP contribution in [0.15, 0.2) is 53.6 Å². The van der Waals surface area contributed by atoms with E-state index in [2.05, 4.69) is 41.6 Å². The molecule has 0 unspecified atom stereocenters. The quantitative estimate of drug-likeness (QED) is 0.165. The summed E-state index contributed by atoms with van der Waals surface area (Å²) in [5.41, 5.74) is 3.80. The Bertz CT molecular complexity index is 1020. The lowest BCUT2D eigenvalue weighted by atomic mass is 10.1. The molecule has 7 heteroatoms. The van der Waals surface area contributed by atoms with Gasteiger partial charge in [-0.05, 0) is 54.6 Å². The lowest BCUT2D eigenvalue weighted by Gasteiger charge is -2.19. The number of carbonyl (C=O) groups excluding carboxylic acids is 1. The molecule has 0 aromatic heterocycles. The van der Waals surface area contributed by atoms with Gasteiger partial charge in [0.05, 0.1) is 17.5 Å². The van der Waals surface area contributed by atoms with Crippen LogP contribution < -0.4 is 10.1 Å². The number of allylic oxidation sites excluding steroid dienone is 1. The third-order valence-corrected chi connectivity index (χ3v) is 8.28. The fourth-order valence-corrected chi connectivity index (χ4v) is 5.77. The number of anilines is 1. The smallest absolute Gasteiger partial charge is 0.255 e. The van der Waals surface area contributed by atoms with Gasteiger partial charge < -0.3 is 15.0 Å². The number of amides is 1. The predicted molar refractivity (Wildman–Crippen MR) is 175 cm³/mol. The molecule has 0 aliphatic carbocycles. The molecule has 1 aliphatic rings. The van der Waals surface area contributed by atoms with Gasteiger partial charge >= 0.3 is 0 Å². The summed E-state index contributed by atoms with van der Waals surface area (Å²) in [5, 5.41) is 5.62. The van der Waals surface area contributed by atoms with Crippen LogP contribution in [0.4, 0.5) is 5.69 Å². The summed E-state index contributed by atoms with van der Waals surface area (Å²) in [6.45, 7) is 5.93. The predicted octanol–water partition coefficient (Wildman–Crippen LogP) is 10.6. The number of nitrogens with one attached hydrogen (secondary N) is 1. The number of hydrogen-bond donors (Lipinski definition) is 1. The molecular weight excluding hydrogens is 592 g/mol. The lowest BCUT2D eigenvalue weighted by Crippen LogP contribution is -2.17. The average molecular weight is 638 g/mol. The number of ether oxygens (including phenoxy) is 1. The summed E-state index contributed by atoms with van der Waals surface area (Å²) in [6.07, 6.45) is 15.8. The molecule has 1 N–H and O–H groups in total. The highest BCUT2D eigenvalue weighted by molar-refractivity contribution is 8.93. The van der Waals surface area contributed by atoms with Crippen LogP contribution >= 0.6 is 40.3 Å². The van der Waals surface area contributed by atoms with Crippen molar-refractivity contribution in [1.82, 2.24) is 4.90 Å². The molecule has 0 atom stereocenters. The second-order valence-corrected chi connectivity index (χ2v) is 11.5. The van der Waals surface area contributed by atoms with Crippen molar-refractivity contribution in [3.8, 4) is 5.75 Å². The van der Waals surface area contributed by atoms with Crippen molar-refractivity contribution in [2.75, 3.05) is 17.8 Å². The Balaban J connectivity index is 0.00000533. The van der Waals surface area contributed by atoms with E-state index in [-0.39, 0.29) is 22.9 Å². The van der Waals surface area contributed by atoms with Gasteiger partial charge in [0.25, 0.3) is 5.91 Å². The highest BCUT2D eigenvalue weighted by Crippen LogP contribution is 2.27. The number of carbonyl (C=O) groups is 1. The van der Waals surface area contributed by atoms with Crippen molar-refractivity contribution in [3.63, 3.8) is 0 Å². The van der Waals surface area contributed by atoms with E-state index < -0.39 is 0 Å². The molecule has 0 bridgehead atoms. The lowest BCUT2D eigenvalue weighted by molar-refractivity contribution is 0.102. The average Bonchev–Trinajstić information content (AvgIpc) is 3.32. The molecule has 1 aliphatic heterocycles. The Morgan fingerprint density at radius 2 is 1.54 bits per heavy atom. The Labute approximate surface area is 256 Å². The van der Waals surface area contributed by atoms with Crippen molar-refractivity contribution in [2.24, 2.45) is 0 Å². The minimum atomic E-state index is -0.179. The van der Waals surface area contributed by atoms with Gasteiger partial charge in [-0.15, -0.1) is 28.7 Å². The topological polar surface area (TPSA) is 41.6 Å². The number of rotatable bonds is 18. The van der Waals surface area contributed by atoms with E-state index in [9.17, 15) is 4.79 Å². The first-order valence-corrected chi connectivity index (χ1v) is 15.9. The van der Waals surface area contributed by atoms with E-state index in [1.807, 2.05) is 23.9 Å². The van der Waals surface area contributed by atoms with E-state index in [0.29, 0.717) is 22.9 Å². The Kier molecular flexibility index (Phi) is 16.7. The molecule has 0 saturated carbocycles. The first-order valence-electron chi connectivity index (χ1n) is 14.4. The summed E-state index contributed by atoms with van der Waals surface area (Å²) >= 11 is 8.24. The molecule has 0 radical (unpaired) electrons. The van der Waals surface area contributed by atoms with Crippen molar-refractivity contribution in [2.45, 2.75) is 97.4 Å². The highest BCUT2D eigenvalue weighted by atomic mass is 79.9. The molecule has 2 aromatic carbocycles. The number of nitrogens with zero attached hydrogens (tertiary/aromatic N) is 1. The van der Waals surface area contributed by atoms with Crippen LogP contribution in [0.2, 0.25) is 5.02 Å². The van der Waals surface area contributed by atoms with Gasteiger partial charge in [-0.3, -0.25) is 4.79 Å². The molecular formula is C32H46BrClN2O2S. The van der Waals surface area contributed by atoms with E-state index in [1.54, 1.807) is 18.2 Å². The zero-order chi connectivity index (χ0) is 27.0. The van der Waals surface area contributed by atoms with Crippen LogP contribution in [-0.2, 0) is 6.54 Å². The SMILES string of the molecule is Br.CCCCCCCCCCCCCCOc1ccc(C(=O)Nc2ccc(CN3CSC=C3C)cc2)cc1Cl. The Hall–Kier alpha value is -1.63. The van der Waals surface area contributed by atoms with Crippen LogP contribution in [0, 0.1) is 0 Å². The zero-order valence-electron chi connectivity index (χ0n) is 23.7. The van der Waals surface area contributed by atoms with Crippen LogP contribution in [0.3, 0.4) is 0 Å². The number of halogens is 2. The number of benzene rings is 2. The molecule has 0 saturated heterocycles. The van der Waals surface area contributed by atoms with Crippen LogP contribution in [0.5, 0.6) is 5.75 Å². The van der Waals surface area contributed by atoms with Gasteiger partial charge in [0.2, 0.25) is 0 Å². The summed E-state index contributed by atoms with van der Waals surface area (Å²) < 4.78 is 5.88. The highest BCUT2D eigenvalue weighted by Gasteiger charge is 2.13. The Morgan fingerprint density at radius 1 is 0.923 bits per heavy atom. The fraction of sp³-hybridized carbons (Fsp3) is 0.531. The van der Waals surface area contributed by atoms with Gasteiger partial charge in [0.1, 0.15) is 5.75 Å². The number of hydrogen-bond acceptors (Lipinski definition) is 4. The maximum absolute atomic E-state index is 12.7. The maximum atomic E-state index is 12.7. The van der Waals surface area contributed by atoms with E-state index in [4.69, 9.17) is 16.3 Å². The largest absolute Gasteiger partial charge is 0.492 e. The normalized spacial score (nSPS) is 12.7. The maximum Gasteiger partial charge on any atom is 0.255 e. The molecule has 39 heavy (non-hydrogen) atoms. The number of unbranched alkanes of at least 4 members (excludes halogenated alkanes) is 11. The van der Waals surface area contributed by atoms with E-state index in [0.717, 1.165) is 24.5 Å². The fourth-order valence-electron chi connectivity index (χ4n) is 4.60. The van der Waals surface area contributed by atoms with Gasteiger partial charge in [0.15, 0.2) is 0 Å². The molecule has 1 heterocycles. The van der Waals surface area contributed by atoms with Crippen molar-refractivity contribution >= 4 is 51.9 Å². The van der Waals surface area contributed by atoms with E-state index in [1.165, 1.54) is 81.9 Å². The van der Waals surface area contributed by atoms with Crippen molar-refractivity contribution < 1.29 is 9.53 Å². The zero-order valence-corrected chi connectivity index (χ0v) is 27.0. The van der Waals surface area contributed by atoms with Crippen LogP contribution in [0.25, 0.3) is 0 Å². The molecule has 4 nitrogen and oxygen atoms in total. The monoisotopic (exact) mass is 636 g/mol. The molecule has 0 fully saturated rings. The van der Waals surface area contributed by atoms with Crippen molar-refractivity contribution in [3.05, 3.63) is 69.7 Å². The van der Waals surface area contributed by atoms with Gasteiger partial charge in [0, 0.05) is 23.5 Å². The summed E-state index contributed by atoms with van der Waals surface area (Å²) in [7, 11) is 0. The molecule has 216 valence electrons. The first-order chi connectivity index (χ1) is 18.6. The molecule has 3 rings (SSSR count). The Morgan fingerprint density at radius 3 is 2.10 bits per heavy atom. The van der Waals surface area contributed by atoms with Crippen LogP contribution in [0.1, 0.15) is 107 Å². The first kappa shape index (κ1) is 33.6. The van der Waals surface area contributed by atoms with Gasteiger partial charge in [-0.2, -0.15) is 0 Å². The molecule has 1 amide bonds. The minimum absolute atomic E-state index is 0. The van der Waals surface area contributed by atoms with E-state index >= 15 is 0 Å². The summed E-state index contributed by atoms with van der Waals surface area (Å²) in [5.74, 6) is 1.45. The minimum Gasteiger partial charge on any atom is -0.492 e. The van der Waals surface area contributed by atoms with Gasteiger partial charge in [-0.25, -0.2) is 0 Å². The number of thioether (sulfide) groups is 1. The van der Waals surface area contributed by atoms with Crippen LogP contribution in [-0.4, -0.2) is 23.3 Å². The second-order valence-electron chi connectivity index (χ2n) is 10.3. The molecule has 0 spiro atoms. The second kappa shape index (κ2) is 19.4. The standard InChI is InChI=1S/C32H45ClN2O2S.BrH/c1-3-4-5-6-7-8-9-10-11-12-13-14-21-37-31-20-17-28(22-30(31)33)32(36)34-29-18-15-27(16-19-29)23-35-25-38-24-26(35)2;/h15-20,22,24H,3-14,21,23,25H2,1-2H3,(H,34,36);1H. The van der Waals surface area contributed by atoms with Gasteiger partial charge in [-0.1, -0.05) is 101 Å².